The summed E-state index contributed by atoms with van der Waals surface area (Å²) in [4.78, 5) is 14.5. The third-order valence-corrected chi connectivity index (χ3v) is 6.37. The highest BCUT2D eigenvalue weighted by atomic mass is 32.1. The first-order chi connectivity index (χ1) is 16.1. The zero-order valence-corrected chi connectivity index (χ0v) is 19.4. The van der Waals surface area contributed by atoms with Gasteiger partial charge in [-0.05, 0) is 73.1 Å². The molecule has 166 valence electrons. The number of thiocarbonyl (C=S) groups is 1. The number of aryl methyl sites for hydroxylation is 1. The predicted octanol–water partition coefficient (Wildman–Crippen LogP) is 5.55. The number of fused-ring (bicyclic) bond motifs is 3. The van der Waals surface area contributed by atoms with E-state index in [1.807, 2.05) is 30.3 Å². The number of hydrogen-bond acceptors (Lipinski definition) is 4. The lowest BCUT2D eigenvalue weighted by atomic mass is 10.1. The van der Waals surface area contributed by atoms with E-state index in [1.54, 1.807) is 13.2 Å². The lowest BCUT2D eigenvalue weighted by molar-refractivity contribution is -0.122. The number of hydrogen-bond donors (Lipinski definition) is 0. The standard InChI is InChI=1S/C27H24N2O3S/c1-3-28-23-7-5-4-6-21(23)22-16-19(10-13-24(22)28)17-25-26(30)29(27(33)32-25)15-14-18-8-11-20(31-2)12-9-18/h4-13,16-17H,3,14-15H2,1-2H3/b25-17+. The van der Waals surface area contributed by atoms with Crippen molar-refractivity contribution in [1.29, 1.82) is 0 Å². The van der Waals surface area contributed by atoms with Gasteiger partial charge in [-0.2, -0.15) is 0 Å². The van der Waals surface area contributed by atoms with E-state index in [2.05, 4.69) is 47.9 Å². The molecule has 6 heteroatoms. The average Bonchev–Trinajstić information content (AvgIpc) is 3.30. The van der Waals surface area contributed by atoms with Crippen molar-refractivity contribution in [3.8, 4) is 5.75 Å². The number of aromatic nitrogens is 1. The van der Waals surface area contributed by atoms with Gasteiger partial charge in [0.1, 0.15) is 5.75 Å². The second-order valence-corrected chi connectivity index (χ2v) is 8.32. The number of methoxy groups -OCH3 is 1. The molecule has 0 bridgehead atoms. The molecule has 5 rings (SSSR count). The van der Waals surface area contributed by atoms with Crippen LogP contribution in [-0.2, 0) is 22.5 Å². The summed E-state index contributed by atoms with van der Waals surface area (Å²) in [6, 6.07) is 22.4. The molecule has 0 radical (unpaired) electrons. The number of carbonyl (C=O) groups is 1. The van der Waals surface area contributed by atoms with Crippen molar-refractivity contribution >= 4 is 51.2 Å². The first-order valence-electron chi connectivity index (χ1n) is 11.0. The van der Waals surface area contributed by atoms with Crippen molar-refractivity contribution in [2.45, 2.75) is 19.9 Å². The number of carbonyl (C=O) groups excluding carboxylic acids is 1. The van der Waals surface area contributed by atoms with Crippen LogP contribution in [-0.4, -0.2) is 34.2 Å². The van der Waals surface area contributed by atoms with Crippen LogP contribution < -0.4 is 4.74 Å². The Morgan fingerprint density at radius 3 is 2.52 bits per heavy atom. The molecule has 0 saturated carbocycles. The monoisotopic (exact) mass is 456 g/mol. The van der Waals surface area contributed by atoms with E-state index in [9.17, 15) is 4.79 Å². The Hall–Kier alpha value is -3.64. The fourth-order valence-corrected chi connectivity index (χ4v) is 4.64. The Labute approximate surface area is 197 Å². The molecule has 1 aromatic heterocycles. The minimum absolute atomic E-state index is 0.198. The quantitative estimate of drug-likeness (QED) is 0.282. The maximum absolute atomic E-state index is 13.0. The van der Waals surface area contributed by atoms with Crippen LogP contribution in [0.4, 0.5) is 0 Å². The van der Waals surface area contributed by atoms with Gasteiger partial charge in [0.2, 0.25) is 0 Å². The van der Waals surface area contributed by atoms with Crippen LogP contribution in [0.25, 0.3) is 27.9 Å². The van der Waals surface area contributed by atoms with Gasteiger partial charge in [0.15, 0.2) is 5.76 Å². The highest BCUT2D eigenvalue weighted by Crippen LogP contribution is 2.31. The molecule has 4 aromatic rings. The molecule has 1 amide bonds. The van der Waals surface area contributed by atoms with E-state index < -0.39 is 0 Å². The molecule has 3 aromatic carbocycles. The second-order valence-electron chi connectivity index (χ2n) is 7.97. The molecular formula is C27H24N2O3S. The maximum atomic E-state index is 13.0. The second kappa shape index (κ2) is 8.71. The number of nitrogens with zero attached hydrogens (tertiary/aromatic N) is 2. The molecule has 0 spiro atoms. The van der Waals surface area contributed by atoms with Gasteiger partial charge in [0.25, 0.3) is 11.1 Å². The van der Waals surface area contributed by atoms with Crippen molar-refractivity contribution in [3.63, 3.8) is 0 Å². The van der Waals surface area contributed by atoms with Crippen LogP contribution in [0.2, 0.25) is 0 Å². The smallest absolute Gasteiger partial charge is 0.297 e. The van der Waals surface area contributed by atoms with Crippen molar-refractivity contribution < 1.29 is 14.3 Å². The minimum Gasteiger partial charge on any atom is -0.497 e. The summed E-state index contributed by atoms with van der Waals surface area (Å²) in [6.45, 7) is 3.50. The zero-order valence-electron chi connectivity index (χ0n) is 18.6. The van der Waals surface area contributed by atoms with Gasteiger partial charge in [-0.25, -0.2) is 0 Å². The number of ether oxygens (including phenoxy) is 2. The molecule has 1 aliphatic heterocycles. The average molecular weight is 457 g/mol. The Kier molecular flexibility index (Phi) is 5.60. The molecule has 0 atom stereocenters. The summed E-state index contributed by atoms with van der Waals surface area (Å²) in [6.07, 6.45) is 2.45. The van der Waals surface area contributed by atoms with E-state index >= 15 is 0 Å². The third-order valence-electron chi connectivity index (χ3n) is 6.07. The molecule has 1 saturated heterocycles. The van der Waals surface area contributed by atoms with Crippen LogP contribution in [0.1, 0.15) is 18.1 Å². The fraction of sp³-hybridized carbons (Fsp3) is 0.185. The van der Waals surface area contributed by atoms with Crippen molar-refractivity contribution in [1.82, 2.24) is 9.47 Å². The van der Waals surface area contributed by atoms with Crippen LogP contribution in [0, 0.1) is 0 Å². The summed E-state index contributed by atoms with van der Waals surface area (Å²) in [5.74, 6) is 0.858. The zero-order chi connectivity index (χ0) is 22.9. The highest BCUT2D eigenvalue weighted by Gasteiger charge is 2.33. The number of para-hydroxylation sites is 1. The van der Waals surface area contributed by atoms with Gasteiger partial charge in [0.05, 0.1) is 7.11 Å². The third kappa shape index (κ3) is 3.87. The van der Waals surface area contributed by atoms with Crippen molar-refractivity contribution in [2.24, 2.45) is 0 Å². The molecule has 5 nitrogen and oxygen atoms in total. The molecule has 1 fully saturated rings. The van der Waals surface area contributed by atoms with Gasteiger partial charge < -0.3 is 14.0 Å². The highest BCUT2D eigenvalue weighted by molar-refractivity contribution is 7.80. The van der Waals surface area contributed by atoms with Crippen molar-refractivity contribution in [2.75, 3.05) is 13.7 Å². The van der Waals surface area contributed by atoms with E-state index in [1.165, 1.54) is 21.3 Å². The molecule has 1 aliphatic rings. The first kappa shape index (κ1) is 21.2. The summed E-state index contributed by atoms with van der Waals surface area (Å²) in [5.41, 5.74) is 4.39. The van der Waals surface area contributed by atoms with E-state index in [4.69, 9.17) is 21.7 Å². The molecule has 2 heterocycles. The fourth-order valence-electron chi connectivity index (χ4n) is 4.38. The first-order valence-corrected chi connectivity index (χ1v) is 11.4. The van der Waals surface area contributed by atoms with E-state index in [-0.39, 0.29) is 16.8 Å². The van der Waals surface area contributed by atoms with Crippen LogP contribution in [0.15, 0.2) is 72.5 Å². The topological polar surface area (TPSA) is 43.7 Å². The molecule has 33 heavy (non-hydrogen) atoms. The molecule has 0 aliphatic carbocycles. The predicted molar refractivity (Wildman–Crippen MR) is 135 cm³/mol. The number of rotatable bonds is 6. The van der Waals surface area contributed by atoms with Crippen LogP contribution in [0.5, 0.6) is 5.75 Å². The molecular weight excluding hydrogens is 432 g/mol. The SMILES string of the molecule is CCn1c2ccccc2c2cc(/C=C3/OC(=S)N(CCc4ccc(OC)cc4)C3=O)ccc21. The molecule has 0 unspecified atom stereocenters. The Bertz CT molecular complexity index is 1400. The van der Waals surface area contributed by atoms with Gasteiger partial charge in [-0.1, -0.05) is 36.4 Å². The normalized spacial score (nSPS) is 15.1. The Morgan fingerprint density at radius 1 is 1.00 bits per heavy atom. The Morgan fingerprint density at radius 2 is 1.76 bits per heavy atom. The van der Waals surface area contributed by atoms with Gasteiger partial charge in [-0.15, -0.1) is 0 Å². The summed E-state index contributed by atoms with van der Waals surface area (Å²) >= 11 is 5.34. The van der Waals surface area contributed by atoms with Gasteiger partial charge in [-0.3, -0.25) is 9.69 Å². The summed E-state index contributed by atoms with van der Waals surface area (Å²) in [7, 11) is 1.64. The maximum Gasteiger partial charge on any atom is 0.297 e. The minimum atomic E-state index is -0.204. The number of amides is 1. The number of benzene rings is 3. The van der Waals surface area contributed by atoms with Crippen LogP contribution >= 0.6 is 12.2 Å². The van der Waals surface area contributed by atoms with E-state index in [0.717, 1.165) is 28.8 Å². The molecule has 0 N–H and O–H groups in total. The lowest BCUT2D eigenvalue weighted by Gasteiger charge is -2.12. The summed E-state index contributed by atoms with van der Waals surface area (Å²) < 4.78 is 13.2. The van der Waals surface area contributed by atoms with E-state index in [0.29, 0.717) is 13.0 Å². The van der Waals surface area contributed by atoms with Gasteiger partial charge in [0, 0.05) is 34.9 Å². The lowest BCUT2D eigenvalue weighted by Crippen LogP contribution is -2.30. The largest absolute Gasteiger partial charge is 0.497 e. The van der Waals surface area contributed by atoms with Gasteiger partial charge >= 0.3 is 0 Å². The van der Waals surface area contributed by atoms with Crippen molar-refractivity contribution in [3.05, 3.63) is 83.6 Å². The Balaban J connectivity index is 1.39. The summed E-state index contributed by atoms with van der Waals surface area (Å²) in [5, 5.41) is 2.56. The van der Waals surface area contributed by atoms with Crippen LogP contribution in [0.3, 0.4) is 0 Å².